The number of aromatic nitrogens is 3. The Balaban J connectivity index is 1.15. The van der Waals surface area contributed by atoms with Gasteiger partial charge in [0.25, 0.3) is 0 Å². The highest BCUT2D eigenvalue weighted by Gasteiger charge is 2.19. The van der Waals surface area contributed by atoms with Gasteiger partial charge in [0.15, 0.2) is 0 Å². The van der Waals surface area contributed by atoms with Crippen LogP contribution in [0.1, 0.15) is 0 Å². The molecule has 0 bridgehead atoms. The molecule has 0 atom stereocenters. The van der Waals surface area contributed by atoms with Gasteiger partial charge in [0.2, 0.25) is 0 Å². The monoisotopic (exact) mass is 649 g/mol. The lowest BCUT2D eigenvalue weighted by atomic mass is 10.0. The van der Waals surface area contributed by atoms with E-state index in [-0.39, 0.29) is 0 Å². The first-order valence-electron chi connectivity index (χ1n) is 17.5. The molecule has 238 valence electrons. The summed E-state index contributed by atoms with van der Waals surface area (Å²) in [5, 5.41) is 8.80. The van der Waals surface area contributed by atoms with Crippen LogP contribution < -0.4 is 0 Å². The van der Waals surface area contributed by atoms with Crippen molar-refractivity contribution in [1.82, 2.24) is 13.7 Å². The molecule has 0 N–H and O–H groups in total. The fourth-order valence-electron chi connectivity index (χ4n) is 8.40. The summed E-state index contributed by atoms with van der Waals surface area (Å²) >= 11 is 0. The van der Waals surface area contributed by atoms with Crippen molar-refractivity contribution >= 4 is 65.3 Å². The summed E-state index contributed by atoms with van der Waals surface area (Å²) in [6.07, 6.45) is 2.21. The van der Waals surface area contributed by atoms with Crippen molar-refractivity contribution in [2.75, 3.05) is 0 Å². The Morgan fingerprint density at radius 3 is 1.73 bits per heavy atom. The summed E-state index contributed by atoms with van der Waals surface area (Å²) in [4.78, 5) is 0. The van der Waals surface area contributed by atoms with Gasteiger partial charge in [-0.15, -0.1) is 0 Å². The Bertz CT molecular complexity index is 3120. The second-order valence-electron chi connectivity index (χ2n) is 13.4. The van der Waals surface area contributed by atoms with E-state index in [1.807, 2.05) is 0 Å². The lowest BCUT2D eigenvalue weighted by Gasteiger charge is -2.13. The van der Waals surface area contributed by atoms with E-state index in [0.29, 0.717) is 0 Å². The van der Waals surface area contributed by atoms with Crippen molar-refractivity contribution in [2.24, 2.45) is 0 Å². The van der Waals surface area contributed by atoms with E-state index in [2.05, 4.69) is 202 Å². The molecule has 0 aliphatic heterocycles. The van der Waals surface area contributed by atoms with Crippen molar-refractivity contribution in [1.29, 1.82) is 0 Å². The van der Waals surface area contributed by atoms with E-state index in [9.17, 15) is 0 Å². The van der Waals surface area contributed by atoms with Gasteiger partial charge in [0.1, 0.15) is 0 Å². The maximum Gasteiger partial charge on any atom is 0.0626 e. The van der Waals surface area contributed by atoms with E-state index < -0.39 is 0 Å². The van der Waals surface area contributed by atoms with E-state index in [4.69, 9.17) is 0 Å². The highest BCUT2D eigenvalue weighted by Crippen LogP contribution is 2.41. The van der Waals surface area contributed by atoms with Crippen molar-refractivity contribution in [3.8, 4) is 28.2 Å². The summed E-state index contributed by atoms with van der Waals surface area (Å²) in [5.41, 5.74) is 12.0. The fraction of sp³-hybridized carbons (Fsp3) is 0. The van der Waals surface area contributed by atoms with Crippen LogP contribution >= 0.6 is 0 Å². The molecule has 8 aromatic carbocycles. The molecule has 3 aromatic heterocycles. The zero-order chi connectivity index (χ0) is 33.5. The Hall–Kier alpha value is -6.84. The summed E-state index contributed by atoms with van der Waals surface area (Å²) in [6.45, 7) is 0. The summed E-state index contributed by atoms with van der Waals surface area (Å²) in [6, 6.07) is 66.2. The first kappa shape index (κ1) is 28.0. The summed E-state index contributed by atoms with van der Waals surface area (Å²) in [5.74, 6) is 0. The van der Waals surface area contributed by atoms with E-state index in [0.717, 1.165) is 11.4 Å². The quantitative estimate of drug-likeness (QED) is 0.180. The first-order valence-corrected chi connectivity index (χ1v) is 17.5. The van der Waals surface area contributed by atoms with Crippen molar-refractivity contribution in [3.05, 3.63) is 188 Å². The molecule has 0 amide bonds. The van der Waals surface area contributed by atoms with E-state index in [1.165, 1.54) is 82.1 Å². The standard InChI is InChI=1S/C48H31N3/c1-3-13-35(14-4-1)49-29-28-41-43(49)26-23-32-22-25-40-38-18-7-10-21-45(38)51(48(40)47(32)41)37-17-11-12-33(30-37)34-24-27-46-42(31-34)39-19-8-9-20-44(39)50(46)36-15-5-2-6-16-36/h1-31H. The lowest BCUT2D eigenvalue weighted by Crippen LogP contribution is -1.96. The molecule has 0 spiro atoms. The maximum atomic E-state index is 2.48. The number of hydrogen-bond acceptors (Lipinski definition) is 0. The van der Waals surface area contributed by atoms with Crippen LogP contribution in [0.25, 0.3) is 93.5 Å². The Labute approximate surface area is 294 Å². The third-order valence-corrected chi connectivity index (χ3v) is 10.6. The van der Waals surface area contributed by atoms with Gasteiger partial charge in [-0.2, -0.15) is 0 Å². The smallest absolute Gasteiger partial charge is 0.0626 e. The van der Waals surface area contributed by atoms with Crippen LogP contribution in [0.3, 0.4) is 0 Å². The molecule has 0 unspecified atom stereocenters. The average molecular weight is 650 g/mol. The molecule has 0 saturated carbocycles. The van der Waals surface area contributed by atoms with Crippen molar-refractivity contribution in [3.63, 3.8) is 0 Å². The van der Waals surface area contributed by atoms with Crippen LogP contribution in [0, 0.1) is 0 Å². The largest absolute Gasteiger partial charge is 0.317 e. The van der Waals surface area contributed by atoms with Gasteiger partial charge in [-0.1, -0.05) is 109 Å². The minimum Gasteiger partial charge on any atom is -0.317 e. The molecule has 11 rings (SSSR count). The Morgan fingerprint density at radius 1 is 0.314 bits per heavy atom. The van der Waals surface area contributed by atoms with Gasteiger partial charge in [-0.25, -0.2) is 0 Å². The molecule has 0 saturated heterocycles. The molecule has 0 radical (unpaired) electrons. The molecule has 0 aliphatic carbocycles. The third-order valence-electron chi connectivity index (χ3n) is 10.6. The molecular formula is C48H31N3. The topological polar surface area (TPSA) is 14.8 Å². The second kappa shape index (κ2) is 10.8. The molecule has 3 nitrogen and oxygen atoms in total. The first-order chi connectivity index (χ1) is 25.3. The highest BCUT2D eigenvalue weighted by atomic mass is 15.0. The molecule has 11 aromatic rings. The zero-order valence-electron chi connectivity index (χ0n) is 27.7. The van der Waals surface area contributed by atoms with Gasteiger partial charge in [-0.3, -0.25) is 0 Å². The number of hydrogen-bond donors (Lipinski definition) is 0. The van der Waals surface area contributed by atoms with E-state index >= 15 is 0 Å². The third kappa shape index (κ3) is 4.12. The lowest BCUT2D eigenvalue weighted by molar-refractivity contribution is 1.13. The number of fused-ring (bicyclic) bond motifs is 10. The molecule has 0 aliphatic rings. The highest BCUT2D eigenvalue weighted by molar-refractivity contribution is 6.25. The Kier molecular flexibility index (Phi) is 5.96. The van der Waals surface area contributed by atoms with Crippen LogP contribution in [-0.2, 0) is 0 Å². The minimum atomic E-state index is 1.15. The molecular weight excluding hydrogens is 619 g/mol. The number of benzene rings is 8. The molecule has 0 fully saturated rings. The number of para-hydroxylation sites is 4. The molecule has 3 heterocycles. The van der Waals surface area contributed by atoms with Gasteiger partial charge >= 0.3 is 0 Å². The SMILES string of the molecule is c1ccc(-n2ccc3c4c(ccc5c6ccccc6n(-c6cccc(-c7ccc8c(c7)c7ccccc7n8-c7ccccc7)c6)c54)ccc32)cc1. The van der Waals surface area contributed by atoms with E-state index in [1.54, 1.807) is 0 Å². The molecule has 51 heavy (non-hydrogen) atoms. The van der Waals surface area contributed by atoms with Gasteiger partial charge in [0, 0.05) is 55.6 Å². The summed E-state index contributed by atoms with van der Waals surface area (Å²) in [7, 11) is 0. The molecule has 3 heteroatoms. The van der Waals surface area contributed by atoms with Crippen LogP contribution in [0.4, 0.5) is 0 Å². The Morgan fingerprint density at radius 2 is 0.922 bits per heavy atom. The number of nitrogens with zero attached hydrogens (tertiary/aromatic N) is 3. The van der Waals surface area contributed by atoms with Crippen LogP contribution in [-0.4, -0.2) is 13.7 Å². The van der Waals surface area contributed by atoms with Gasteiger partial charge < -0.3 is 13.7 Å². The van der Waals surface area contributed by atoms with Gasteiger partial charge in [-0.05, 0) is 89.3 Å². The van der Waals surface area contributed by atoms with Crippen LogP contribution in [0.2, 0.25) is 0 Å². The average Bonchev–Trinajstić information content (AvgIpc) is 3.89. The normalized spacial score (nSPS) is 11.9. The summed E-state index contributed by atoms with van der Waals surface area (Å²) < 4.78 is 7.15. The zero-order valence-corrected chi connectivity index (χ0v) is 27.7. The van der Waals surface area contributed by atoms with Gasteiger partial charge in [0.05, 0.1) is 27.6 Å². The predicted molar refractivity (Wildman–Crippen MR) is 215 cm³/mol. The number of rotatable bonds is 4. The fourth-order valence-corrected chi connectivity index (χ4v) is 8.40. The van der Waals surface area contributed by atoms with Crippen molar-refractivity contribution < 1.29 is 0 Å². The van der Waals surface area contributed by atoms with Crippen molar-refractivity contribution in [2.45, 2.75) is 0 Å². The predicted octanol–water partition coefficient (Wildman–Crippen LogP) is 12.6. The van der Waals surface area contributed by atoms with Crippen LogP contribution in [0.5, 0.6) is 0 Å². The maximum absolute atomic E-state index is 2.48. The van der Waals surface area contributed by atoms with Crippen LogP contribution in [0.15, 0.2) is 188 Å². The minimum absolute atomic E-state index is 1.15. The second-order valence-corrected chi connectivity index (χ2v) is 13.4.